The first kappa shape index (κ1) is 4.37. The number of hydrogen-bond donors (Lipinski definition) is 1. The van der Waals surface area contributed by atoms with Crippen LogP contribution in [0, 0.1) is 0 Å². The van der Waals surface area contributed by atoms with Crippen LogP contribution in [0.3, 0.4) is 0 Å². The molecule has 9 heavy (non-hydrogen) atoms. The second kappa shape index (κ2) is 1.25. The van der Waals surface area contributed by atoms with Crippen LogP contribution in [0.4, 0.5) is 0 Å². The fourth-order valence-electron chi connectivity index (χ4n) is 0.728. The molecule has 0 aliphatic rings. The number of nitrogen functional groups attached to an aromatic ring is 1. The van der Waals surface area contributed by atoms with Crippen molar-refractivity contribution in [2.45, 2.75) is 0 Å². The molecular formula is C4H5N5. The van der Waals surface area contributed by atoms with Crippen LogP contribution in [0.25, 0.3) is 5.78 Å². The highest BCUT2D eigenvalue weighted by atomic mass is 15.6. The van der Waals surface area contributed by atoms with Gasteiger partial charge in [-0.3, -0.25) is 0 Å². The third-order valence-electron chi connectivity index (χ3n) is 1.14. The fourth-order valence-corrected chi connectivity index (χ4v) is 0.728. The van der Waals surface area contributed by atoms with Crippen molar-refractivity contribution in [2.75, 3.05) is 5.84 Å². The topological polar surface area (TPSA) is 61.1 Å². The predicted molar refractivity (Wildman–Crippen MR) is 31.1 cm³/mol. The molecule has 0 fully saturated rings. The number of fused-ring (bicyclic) bond motifs is 1. The molecule has 5 heteroatoms. The molecule has 2 aromatic heterocycles. The molecule has 5 nitrogen and oxygen atoms in total. The van der Waals surface area contributed by atoms with Gasteiger partial charge in [-0.05, 0) is 0 Å². The Morgan fingerprint density at radius 2 is 2.33 bits per heavy atom. The van der Waals surface area contributed by atoms with Crippen molar-refractivity contribution in [3.8, 4) is 0 Å². The molecule has 0 aliphatic carbocycles. The highest BCUT2D eigenvalue weighted by Gasteiger charge is 1.94. The summed E-state index contributed by atoms with van der Waals surface area (Å²) in [6.45, 7) is 0. The summed E-state index contributed by atoms with van der Waals surface area (Å²) >= 11 is 0. The van der Waals surface area contributed by atoms with Crippen LogP contribution >= 0.6 is 0 Å². The van der Waals surface area contributed by atoms with E-state index in [-0.39, 0.29) is 0 Å². The normalized spacial score (nSPS) is 10.7. The van der Waals surface area contributed by atoms with Gasteiger partial charge < -0.3 is 5.84 Å². The summed E-state index contributed by atoms with van der Waals surface area (Å²) in [7, 11) is 0. The monoisotopic (exact) mass is 123 g/mol. The molecule has 0 saturated heterocycles. The highest BCUT2D eigenvalue weighted by Crippen LogP contribution is 1.91. The van der Waals surface area contributed by atoms with Crippen LogP contribution in [-0.2, 0) is 0 Å². The van der Waals surface area contributed by atoms with Crippen molar-refractivity contribution in [3.63, 3.8) is 0 Å². The van der Waals surface area contributed by atoms with Crippen molar-refractivity contribution in [3.05, 3.63) is 18.7 Å². The van der Waals surface area contributed by atoms with E-state index in [0.29, 0.717) is 5.78 Å². The molecule has 0 spiro atoms. The van der Waals surface area contributed by atoms with Gasteiger partial charge in [-0.25, -0.2) is 9.50 Å². The van der Waals surface area contributed by atoms with Gasteiger partial charge in [0, 0.05) is 6.20 Å². The highest BCUT2D eigenvalue weighted by molar-refractivity contribution is 5.23. The molecule has 2 rings (SSSR count). The van der Waals surface area contributed by atoms with Gasteiger partial charge in [0.2, 0.25) is 0 Å². The minimum Gasteiger partial charge on any atom is -0.323 e. The molecule has 0 atom stereocenters. The van der Waals surface area contributed by atoms with Crippen molar-refractivity contribution >= 4 is 5.78 Å². The minimum absolute atomic E-state index is 0.623. The number of rotatable bonds is 0. The molecule has 0 aliphatic heterocycles. The molecule has 2 aromatic rings. The number of hydrogen-bond acceptors (Lipinski definition) is 3. The Balaban J connectivity index is 2.99. The van der Waals surface area contributed by atoms with Gasteiger partial charge in [0.05, 0.1) is 6.20 Å². The van der Waals surface area contributed by atoms with Gasteiger partial charge >= 0.3 is 0 Å². The second-order valence-corrected chi connectivity index (χ2v) is 1.70. The van der Waals surface area contributed by atoms with E-state index in [2.05, 4.69) is 9.97 Å². The zero-order valence-corrected chi connectivity index (χ0v) is 4.60. The summed E-state index contributed by atoms with van der Waals surface area (Å²) in [5.74, 6) is 6.02. The minimum atomic E-state index is 0.623. The first-order valence-corrected chi connectivity index (χ1v) is 2.50. The molecule has 2 N–H and O–H groups in total. The first-order valence-electron chi connectivity index (χ1n) is 2.50. The maximum absolute atomic E-state index is 5.40. The Labute approximate surface area is 50.7 Å². The van der Waals surface area contributed by atoms with E-state index in [0.717, 1.165) is 0 Å². The van der Waals surface area contributed by atoms with E-state index in [1.54, 1.807) is 16.9 Å². The predicted octanol–water partition coefficient (Wildman–Crippen LogP) is -0.755. The Morgan fingerprint density at radius 1 is 1.44 bits per heavy atom. The van der Waals surface area contributed by atoms with Crippen molar-refractivity contribution < 1.29 is 0 Å². The second-order valence-electron chi connectivity index (χ2n) is 1.70. The van der Waals surface area contributed by atoms with E-state index in [4.69, 9.17) is 5.84 Å². The van der Waals surface area contributed by atoms with Gasteiger partial charge in [0.1, 0.15) is 6.33 Å². The van der Waals surface area contributed by atoms with E-state index >= 15 is 0 Å². The Bertz CT molecular complexity index is 318. The van der Waals surface area contributed by atoms with Crippen LogP contribution in [0.5, 0.6) is 0 Å². The van der Waals surface area contributed by atoms with E-state index in [1.165, 1.54) is 11.1 Å². The van der Waals surface area contributed by atoms with E-state index < -0.39 is 0 Å². The van der Waals surface area contributed by atoms with Gasteiger partial charge in [0.15, 0.2) is 0 Å². The first-order chi connectivity index (χ1) is 4.38. The molecule has 0 amide bonds. The molecule has 46 valence electrons. The third kappa shape index (κ3) is 0.426. The smallest absolute Gasteiger partial charge is 0.252 e. The maximum Gasteiger partial charge on any atom is 0.252 e. The molecule has 0 aromatic carbocycles. The van der Waals surface area contributed by atoms with Crippen LogP contribution in [0.1, 0.15) is 0 Å². The average molecular weight is 123 g/mol. The number of imidazole rings is 1. The average Bonchev–Trinajstić information content (AvgIpc) is 2.35. The largest absolute Gasteiger partial charge is 0.323 e. The van der Waals surface area contributed by atoms with Gasteiger partial charge in [-0.2, -0.15) is 9.77 Å². The van der Waals surface area contributed by atoms with Crippen LogP contribution in [-0.4, -0.2) is 19.3 Å². The summed E-state index contributed by atoms with van der Waals surface area (Å²) in [6, 6.07) is 0. The quantitative estimate of drug-likeness (QED) is 0.468. The van der Waals surface area contributed by atoms with Gasteiger partial charge in [0.25, 0.3) is 5.78 Å². The Morgan fingerprint density at radius 3 is 3.11 bits per heavy atom. The summed E-state index contributed by atoms with van der Waals surface area (Å²) in [5.41, 5.74) is 0. The number of nitrogens with two attached hydrogens (primary N) is 1. The lowest BCUT2D eigenvalue weighted by molar-refractivity contribution is 0.761. The molecular weight excluding hydrogens is 118 g/mol. The summed E-state index contributed by atoms with van der Waals surface area (Å²) < 4.78 is 1.64. The molecule has 2 heterocycles. The van der Waals surface area contributed by atoms with Crippen molar-refractivity contribution in [1.82, 2.24) is 19.3 Å². The SMILES string of the molecule is Nn1cnc2nccn21. The standard InChI is InChI=1S/C4H5N5/c5-9-3-7-4-6-1-2-8(4)9/h1-3H,5H2. The number of nitrogens with zero attached hydrogens (tertiary/aromatic N) is 4. The molecule has 0 bridgehead atoms. The zero-order chi connectivity index (χ0) is 6.27. The van der Waals surface area contributed by atoms with E-state index in [9.17, 15) is 0 Å². The van der Waals surface area contributed by atoms with Crippen LogP contribution in [0.2, 0.25) is 0 Å². The third-order valence-corrected chi connectivity index (χ3v) is 1.14. The lowest BCUT2D eigenvalue weighted by atomic mass is 11.0. The molecule has 0 saturated carbocycles. The summed E-state index contributed by atoms with van der Waals surface area (Å²) in [5, 5.41) is 0. The van der Waals surface area contributed by atoms with Gasteiger partial charge in [-0.1, -0.05) is 0 Å². The summed E-state index contributed by atoms with van der Waals surface area (Å²) in [6.07, 6.45) is 4.89. The maximum atomic E-state index is 5.40. The summed E-state index contributed by atoms with van der Waals surface area (Å²) in [4.78, 5) is 9.12. The number of aromatic nitrogens is 4. The van der Waals surface area contributed by atoms with Gasteiger partial charge in [-0.15, -0.1) is 0 Å². The fraction of sp³-hybridized carbons (Fsp3) is 0. The molecule has 0 unspecified atom stereocenters. The van der Waals surface area contributed by atoms with Crippen LogP contribution < -0.4 is 5.84 Å². The zero-order valence-electron chi connectivity index (χ0n) is 4.60. The lowest BCUT2D eigenvalue weighted by Gasteiger charge is -1.88. The Kier molecular flexibility index (Phi) is 0.606. The van der Waals surface area contributed by atoms with Crippen molar-refractivity contribution in [1.29, 1.82) is 0 Å². The Hall–Kier alpha value is -1.52. The van der Waals surface area contributed by atoms with E-state index in [1.807, 2.05) is 0 Å². The van der Waals surface area contributed by atoms with Crippen molar-refractivity contribution in [2.24, 2.45) is 0 Å². The van der Waals surface area contributed by atoms with Crippen LogP contribution in [0.15, 0.2) is 18.7 Å². The molecule has 0 radical (unpaired) electrons. The lowest BCUT2D eigenvalue weighted by Crippen LogP contribution is -2.11.